The summed E-state index contributed by atoms with van der Waals surface area (Å²) in [5.74, 6) is -0.719. The second-order valence-corrected chi connectivity index (χ2v) is 2.72. The monoisotopic (exact) mass is 231 g/mol. The fourth-order valence-corrected chi connectivity index (χ4v) is 0.175. The van der Waals surface area contributed by atoms with Gasteiger partial charge in [0.25, 0.3) is 0 Å². The van der Waals surface area contributed by atoms with Crippen LogP contribution < -0.4 is 6.15 Å². The third kappa shape index (κ3) is 4.32. The maximum absolute atomic E-state index is 9.92. The zero-order valence-electron chi connectivity index (χ0n) is 4.72. The average Bonchev–Trinajstić information content (AvgIpc) is 1.65. The third-order valence-corrected chi connectivity index (χ3v) is 2.04. The van der Waals surface area contributed by atoms with E-state index in [9.17, 15) is 4.79 Å². The van der Waals surface area contributed by atoms with Crippen LogP contribution in [0.25, 0.3) is 0 Å². The number of alkyl halides is 1. The first-order valence-corrected chi connectivity index (χ1v) is 3.30. The van der Waals surface area contributed by atoms with Gasteiger partial charge in [-0.15, -0.1) is 0 Å². The van der Waals surface area contributed by atoms with Crippen LogP contribution in [0.2, 0.25) is 0 Å². The molecule has 0 aliphatic carbocycles. The highest BCUT2D eigenvalue weighted by Gasteiger charge is 2.07. The van der Waals surface area contributed by atoms with E-state index in [2.05, 4.69) is 0 Å². The maximum atomic E-state index is 9.92. The SMILES string of the molecule is CCC(I)C(=O)O.N. The summed E-state index contributed by atoms with van der Waals surface area (Å²) in [5.41, 5.74) is 0. The molecular formula is C4H10INO2. The van der Waals surface area contributed by atoms with E-state index in [4.69, 9.17) is 5.11 Å². The van der Waals surface area contributed by atoms with Gasteiger partial charge in [-0.1, -0.05) is 29.5 Å². The molecule has 50 valence electrons. The van der Waals surface area contributed by atoms with Crippen molar-refractivity contribution in [1.29, 1.82) is 0 Å². The van der Waals surface area contributed by atoms with Crippen molar-refractivity contribution < 1.29 is 9.90 Å². The molecule has 1 atom stereocenters. The highest BCUT2D eigenvalue weighted by molar-refractivity contribution is 14.1. The van der Waals surface area contributed by atoms with Crippen LogP contribution in [0.4, 0.5) is 0 Å². The summed E-state index contributed by atoms with van der Waals surface area (Å²) < 4.78 is -0.211. The molecular weight excluding hydrogens is 221 g/mol. The van der Waals surface area contributed by atoms with E-state index in [0.29, 0.717) is 6.42 Å². The summed E-state index contributed by atoms with van der Waals surface area (Å²) in [5, 5.41) is 8.17. The standard InChI is InChI=1S/C4H7IO2.H3N/c1-2-3(5)4(6)7;/h3H,2H2,1H3,(H,6,7);1H3. The Hall–Kier alpha value is 0.160. The Kier molecular flexibility index (Phi) is 7.30. The minimum Gasteiger partial charge on any atom is -0.480 e. The smallest absolute Gasteiger partial charge is 0.316 e. The molecule has 0 heterocycles. The molecule has 3 nitrogen and oxygen atoms in total. The molecule has 0 saturated carbocycles. The number of hydrogen-bond donors (Lipinski definition) is 2. The van der Waals surface area contributed by atoms with E-state index in [1.807, 2.05) is 29.5 Å². The van der Waals surface area contributed by atoms with Crippen molar-refractivity contribution in [3.8, 4) is 0 Å². The zero-order valence-corrected chi connectivity index (χ0v) is 6.88. The molecule has 8 heavy (non-hydrogen) atoms. The van der Waals surface area contributed by atoms with Gasteiger partial charge in [0.15, 0.2) is 0 Å². The highest BCUT2D eigenvalue weighted by Crippen LogP contribution is 2.03. The first-order chi connectivity index (χ1) is 3.18. The van der Waals surface area contributed by atoms with Gasteiger partial charge in [-0.05, 0) is 6.42 Å². The fraction of sp³-hybridized carbons (Fsp3) is 0.750. The first-order valence-electron chi connectivity index (χ1n) is 2.05. The van der Waals surface area contributed by atoms with Crippen molar-refractivity contribution in [3.05, 3.63) is 0 Å². The van der Waals surface area contributed by atoms with Crippen LogP contribution in [0.3, 0.4) is 0 Å². The van der Waals surface area contributed by atoms with E-state index in [0.717, 1.165) is 0 Å². The van der Waals surface area contributed by atoms with Gasteiger partial charge in [0.05, 0.1) is 0 Å². The lowest BCUT2D eigenvalue weighted by atomic mass is 10.3. The average molecular weight is 231 g/mol. The van der Waals surface area contributed by atoms with E-state index in [1.165, 1.54) is 0 Å². The van der Waals surface area contributed by atoms with Crippen molar-refractivity contribution in [3.63, 3.8) is 0 Å². The van der Waals surface area contributed by atoms with Crippen molar-refractivity contribution >= 4 is 28.6 Å². The van der Waals surface area contributed by atoms with Gasteiger partial charge in [0.2, 0.25) is 0 Å². The lowest BCUT2D eigenvalue weighted by Crippen LogP contribution is -2.09. The normalized spacial score (nSPS) is 11.8. The molecule has 0 aliphatic heterocycles. The Labute approximate surface area is 62.2 Å². The number of rotatable bonds is 2. The number of hydrogen-bond acceptors (Lipinski definition) is 2. The van der Waals surface area contributed by atoms with E-state index in [1.54, 1.807) is 0 Å². The Bertz CT molecular complexity index is 76.4. The van der Waals surface area contributed by atoms with Crippen molar-refractivity contribution in [2.24, 2.45) is 0 Å². The number of halogens is 1. The van der Waals surface area contributed by atoms with Gasteiger partial charge in [-0.3, -0.25) is 4.79 Å². The summed E-state index contributed by atoms with van der Waals surface area (Å²) in [6.07, 6.45) is 0.704. The van der Waals surface area contributed by atoms with E-state index in [-0.39, 0.29) is 10.1 Å². The molecule has 0 radical (unpaired) electrons. The minimum absolute atomic E-state index is 0. The molecule has 0 rings (SSSR count). The van der Waals surface area contributed by atoms with Crippen LogP contribution in [0.5, 0.6) is 0 Å². The summed E-state index contributed by atoms with van der Waals surface area (Å²) in [6, 6.07) is 0. The van der Waals surface area contributed by atoms with Gasteiger partial charge in [0.1, 0.15) is 3.92 Å². The van der Waals surface area contributed by atoms with E-state index >= 15 is 0 Å². The van der Waals surface area contributed by atoms with Crippen molar-refractivity contribution in [2.45, 2.75) is 17.3 Å². The summed E-state index contributed by atoms with van der Waals surface area (Å²) in [7, 11) is 0. The third-order valence-electron chi connectivity index (χ3n) is 0.626. The summed E-state index contributed by atoms with van der Waals surface area (Å²) in [6.45, 7) is 1.85. The van der Waals surface area contributed by atoms with Crippen molar-refractivity contribution in [1.82, 2.24) is 6.15 Å². The Morgan fingerprint density at radius 3 is 2.25 bits per heavy atom. The number of carbonyl (C=O) groups is 1. The summed E-state index contributed by atoms with van der Waals surface area (Å²) >= 11 is 1.90. The zero-order chi connectivity index (χ0) is 5.86. The molecule has 0 amide bonds. The molecule has 0 spiro atoms. The lowest BCUT2D eigenvalue weighted by Gasteiger charge is -1.94. The lowest BCUT2D eigenvalue weighted by molar-refractivity contribution is -0.136. The van der Waals surface area contributed by atoms with Crippen LogP contribution in [0, 0.1) is 0 Å². The van der Waals surface area contributed by atoms with Crippen LogP contribution in [0.15, 0.2) is 0 Å². The molecule has 0 bridgehead atoms. The molecule has 0 aromatic carbocycles. The number of aliphatic carboxylic acids is 1. The van der Waals surface area contributed by atoms with Gasteiger partial charge < -0.3 is 11.3 Å². The van der Waals surface area contributed by atoms with Crippen LogP contribution >= 0.6 is 22.6 Å². The second-order valence-electron chi connectivity index (χ2n) is 1.21. The molecule has 4 N–H and O–H groups in total. The quantitative estimate of drug-likeness (QED) is 0.557. The molecule has 4 heteroatoms. The molecule has 0 fully saturated rings. The molecule has 0 saturated heterocycles. The minimum atomic E-state index is -0.719. The number of carboxylic acid groups (broad SMARTS) is 1. The van der Waals surface area contributed by atoms with Crippen LogP contribution in [0.1, 0.15) is 13.3 Å². The predicted molar refractivity (Wildman–Crippen MR) is 40.8 cm³/mol. The largest absolute Gasteiger partial charge is 0.480 e. The summed E-state index contributed by atoms with van der Waals surface area (Å²) in [4.78, 5) is 9.92. The molecule has 0 aromatic rings. The fourth-order valence-electron chi connectivity index (χ4n) is 0.175. The highest BCUT2D eigenvalue weighted by atomic mass is 127. The topological polar surface area (TPSA) is 72.3 Å². The van der Waals surface area contributed by atoms with Gasteiger partial charge in [0, 0.05) is 0 Å². The first kappa shape index (κ1) is 11.0. The van der Waals surface area contributed by atoms with Crippen molar-refractivity contribution in [2.75, 3.05) is 0 Å². The van der Waals surface area contributed by atoms with E-state index < -0.39 is 5.97 Å². The molecule has 1 unspecified atom stereocenters. The maximum Gasteiger partial charge on any atom is 0.316 e. The predicted octanol–water partition coefficient (Wildman–Crippen LogP) is 1.45. The molecule has 0 aliphatic rings. The molecule has 0 aromatic heterocycles. The number of carboxylic acids is 1. The van der Waals surface area contributed by atoms with Crippen LogP contribution in [-0.4, -0.2) is 15.0 Å². The Balaban J connectivity index is 0. The van der Waals surface area contributed by atoms with Gasteiger partial charge in [-0.25, -0.2) is 0 Å². The Morgan fingerprint density at radius 2 is 2.25 bits per heavy atom. The second kappa shape index (κ2) is 5.30. The van der Waals surface area contributed by atoms with Gasteiger partial charge in [-0.2, -0.15) is 0 Å². The van der Waals surface area contributed by atoms with Gasteiger partial charge >= 0.3 is 5.97 Å². The Morgan fingerprint density at radius 1 is 1.88 bits per heavy atom. The van der Waals surface area contributed by atoms with Crippen LogP contribution in [-0.2, 0) is 4.79 Å².